The zero-order valence-electron chi connectivity index (χ0n) is 28.5. The molecule has 0 aliphatic carbocycles. The molecule has 1 heterocycles. The number of ether oxygens (including phenoxy) is 3. The first kappa shape index (κ1) is 39.8. The van der Waals surface area contributed by atoms with Gasteiger partial charge in [-0.25, -0.2) is 4.98 Å². The van der Waals surface area contributed by atoms with E-state index < -0.39 is 59.8 Å². The van der Waals surface area contributed by atoms with Crippen molar-refractivity contribution in [1.82, 2.24) is 4.98 Å². The molecule has 280 valence electrons. The van der Waals surface area contributed by atoms with Crippen molar-refractivity contribution >= 4 is 11.8 Å². The van der Waals surface area contributed by atoms with E-state index in [4.69, 9.17) is 9.47 Å². The largest absolute Gasteiger partial charge is 0.496 e. The van der Waals surface area contributed by atoms with Crippen molar-refractivity contribution in [2.24, 2.45) is 0 Å². The lowest BCUT2D eigenvalue weighted by Gasteiger charge is -2.27. The zero-order valence-corrected chi connectivity index (χ0v) is 28.5. The molecule has 15 heteroatoms. The average Bonchev–Trinajstić information content (AvgIpc) is 3.08. The van der Waals surface area contributed by atoms with Crippen molar-refractivity contribution in [3.8, 4) is 22.6 Å². The van der Waals surface area contributed by atoms with Gasteiger partial charge < -0.3 is 19.1 Å². The minimum atomic E-state index is -5.13. The summed E-state index contributed by atoms with van der Waals surface area (Å²) >= 11 is 0. The summed E-state index contributed by atoms with van der Waals surface area (Å²) in [5, 5.41) is 0. The van der Waals surface area contributed by atoms with E-state index in [2.05, 4.69) is 9.72 Å². The Balaban J connectivity index is 1.85. The van der Waals surface area contributed by atoms with Gasteiger partial charge in [0.15, 0.2) is 0 Å². The Hall–Kier alpha value is -4.95. The SMILES string of the molecule is COC(=O)CCCOc1ccc(N(Cc2cc(C(F)(F)F)cc(C(F)(F)F)c2)Cc2cc(C(F)(F)F)ccc2-c2cc(C(C)C)ccc2OC)nc1. The maximum absolute atomic E-state index is 14.1. The van der Waals surface area contributed by atoms with Gasteiger partial charge in [-0.3, -0.25) is 4.79 Å². The molecule has 0 atom stereocenters. The highest BCUT2D eigenvalue weighted by atomic mass is 19.4. The summed E-state index contributed by atoms with van der Waals surface area (Å²) in [6, 6.07) is 12.2. The molecule has 0 N–H and O–H groups in total. The third-order valence-corrected chi connectivity index (χ3v) is 8.06. The van der Waals surface area contributed by atoms with Gasteiger partial charge in [0.2, 0.25) is 0 Å². The molecule has 0 saturated carbocycles. The van der Waals surface area contributed by atoms with E-state index in [1.165, 1.54) is 43.5 Å². The third-order valence-electron chi connectivity index (χ3n) is 8.06. The predicted octanol–water partition coefficient (Wildman–Crippen LogP) is 10.5. The van der Waals surface area contributed by atoms with Crippen LogP contribution in [0.5, 0.6) is 11.5 Å². The van der Waals surface area contributed by atoms with Crippen LogP contribution in [0.3, 0.4) is 0 Å². The summed E-state index contributed by atoms with van der Waals surface area (Å²) < 4.78 is 141. The Kier molecular flexibility index (Phi) is 12.4. The maximum Gasteiger partial charge on any atom is 0.416 e. The molecule has 0 fully saturated rings. The van der Waals surface area contributed by atoms with Gasteiger partial charge in [0.05, 0.1) is 43.7 Å². The fourth-order valence-electron chi connectivity index (χ4n) is 5.37. The Morgan fingerprint density at radius 1 is 0.750 bits per heavy atom. The molecule has 0 spiro atoms. The first-order chi connectivity index (χ1) is 24.3. The van der Waals surface area contributed by atoms with E-state index in [9.17, 15) is 44.3 Å². The monoisotopic (exact) mass is 742 g/mol. The van der Waals surface area contributed by atoms with Crippen LogP contribution < -0.4 is 14.4 Å². The number of hydrogen-bond donors (Lipinski definition) is 0. The molecule has 0 aliphatic heterocycles. The minimum Gasteiger partial charge on any atom is -0.496 e. The molecule has 0 unspecified atom stereocenters. The number of anilines is 1. The lowest BCUT2D eigenvalue weighted by atomic mass is 9.92. The molecule has 4 rings (SSSR count). The lowest BCUT2D eigenvalue weighted by Crippen LogP contribution is -2.25. The van der Waals surface area contributed by atoms with Gasteiger partial charge in [0, 0.05) is 25.1 Å². The number of nitrogens with zero attached hydrogens (tertiary/aromatic N) is 2. The van der Waals surface area contributed by atoms with Gasteiger partial charge in [-0.05, 0) is 89.2 Å². The number of carbonyl (C=O) groups excluding carboxylic acids is 1. The number of methoxy groups -OCH3 is 2. The molecule has 0 saturated heterocycles. The fourth-order valence-corrected chi connectivity index (χ4v) is 5.37. The highest BCUT2D eigenvalue weighted by Crippen LogP contribution is 2.40. The molecule has 3 aromatic carbocycles. The Morgan fingerprint density at radius 2 is 1.40 bits per heavy atom. The lowest BCUT2D eigenvalue weighted by molar-refractivity contribution is -0.143. The molecule has 0 radical (unpaired) electrons. The normalized spacial score (nSPS) is 12.2. The number of carbonyl (C=O) groups is 1. The fraction of sp³-hybridized carbons (Fsp3) is 0.351. The molecular formula is C37H35F9N2O4. The average molecular weight is 743 g/mol. The van der Waals surface area contributed by atoms with Crippen LogP contribution in [0.2, 0.25) is 0 Å². The number of halogens is 9. The van der Waals surface area contributed by atoms with E-state index in [1.807, 2.05) is 13.8 Å². The molecule has 0 amide bonds. The van der Waals surface area contributed by atoms with Crippen molar-refractivity contribution in [2.45, 2.75) is 64.2 Å². The van der Waals surface area contributed by atoms with E-state index >= 15 is 0 Å². The molecular weight excluding hydrogens is 707 g/mol. The van der Waals surface area contributed by atoms with Crippen LogP contribution >= 0.6 is 0 Å². The smallest absolute Gasteiger partial charge is 0.416 e. The molecule has 52 heavy (non-hydrogen) atoms. The Bertz CT molecular complexity index is 1810. The molecule has 1 aromatic heterocycles. The zero-order chi connectivity index (χ0) is 38.4. The number of aromatic nitrogens is 1. The topological polar surface area (TPSA) is 60.9 Å². The number of alkyl halides is 9. The molecule has 0 bridgehead atoms. The van der Waals surface area contributed by atoms with Crippen molar-refractivity contribution in [3.05, 3.63) is 106 Å². The highest BCUT2D eigenvalue weighted by molar-refractivity contribution is 5.75. The maximum atomic E-state index is 14.1. The van der Waals surface area contributed by atoms with Gasteiger partial charge in [-0.15, -0.1) is 0 Å². The van der Waals surface area contributed by atoms with E-state index in [1.54, 1.807) is 18.2 Å². The van der Waals surface area contributed by atoms with Gasteiger partial charge in [0.1, 0.15) is 17.3 Å². The summed E-state index contributed by atoms with van der Waals surface area (Å²) in [6.07, 6.45) is -13.4. The summed E-state index contributed by atoms with van der Waals surface area (Å²) in [4.78, 5) is 17.0. The van der Waals surface area contributed by atoms with E-state index in [0.29, 0.717) is 35.4 Å². The highest BCUT2D eigenvalue weighted by Gasteiger charge is 2.37. The predicted molar refractivity (Wildman–Crippen MR) is 175 cm³/mol. The number of hydrogen-bond acceptors (Lipinski definition) is 6. The summed E-state index contributed by atoms with van der Waals surface area (Å²) in [7, 11) is 2.63. The molecule has 6 nitrogen and oxygen atoms in total. The van der Waals surface area contributed by atoms with Crippen LogP contribution in [0, 0.1) is 0 Å². The minimum absolute atomic E-state index is 0.00266. The van der Waals surface area contributed by atoms with Gasteiger partial charge in [-0.2, -0.15) is 39.5 Å². The van der Waals surface area contributed by atoms with Crippen LogP contribution in [0.15, 0.2) is 72.9 Å². The summed E-state index contributed by atoms with van der Waals surface area (Å²) in [6.45, 7) is 2.89. The van der Waals surface area contributed by atoms with Crippen LogP contribution in [-0.2, 0) is 41.1 Å². The third kappa shape index (κ3) is 10.3. The van der Waals surface area contributed by atoms with Crippen molar-refractivity contribution < 1.29 is 58.5 Å². The molecule has 4 aromatic rings. The van der Waals surface area contributed by atoms with Crippen LogP contribution in [-0.4, -0.2) is 31.8 Å². The van der Waals surface area contributed by atoms with Crippen LogP contribution in [0.1, 0.15) is 66.0 Å². The summed E-state index contributed by atoms with van der Waals surface area (Å²) in [5.74, 6) is 0.143. The van der Waals surface area contributed by atoms with Gasteiger partial charge in [-0.1, -0.05) is 26.0 Å². The first-order valence-electron chi connectivity index (χ1n) is 15.9. The first-order valence-corrected chi connectivity index (χ1v) is 15.9. The second-order valence-electron chi connectivity index (χ2n) is 12.1. The second kappa shape index (κ2) is 16.2. The molecule has 0 aliphatic rings. The van der Waals surface area contributed by atoms with Crippen molar-refractivity contribution in [1.29, 1.82) is 0 Å². The van der Waals surface area contributed by atoms with E-state index in [0.717, 1.165) is 17.7 Å². The van der Waals surface area contributed by atoms with Crippen LogP contribution in [0.25, 0.3) is 11.1 Å². The van der Waals surface area contributed by atoms with Crippen LogP contribution in [0.4, 0.5) is 45.3 Å². The number of esters is 1. The standard InChI is InChI=1S/C37H35F9N2O4/c1-22(2)24-7-11-32(50-3)31(17-24)30-10-8-26(35(38,39)40)16-25(30)21-48(33-12-9-29(19-47-33)52-13-5-6-34(49)51-4)20-23-14-27(36(41,42)43)18-28(15-23)37(44,45)46/h7-12,14-19,22H,5-6,13,20-21H2,1-4H3. The van der Waals surface area contributed by atoms with Gasteiger partial charge >= 0.3 is 24.5 Å². The Labute approximate surface area is 294 Å². The van der Waals surface area contributed by atoms with Crippen molar-refractivity contribution in [3.63, 3.8) is 0 Å². The van der Waals surface area contributed by atoms with E-state index in [-0.39, 0.29) is 42.1 Å². The van der Waals surface area contributed by atoms with Gasteiger partial charge in [0.25, 0.3) is 0 Å². The number of benzene rings is 3. The number of pyridine rings is 1. The quantitative estimate of drug-likeness (QED) is 0.0772. The van der Waals surface area contributed by atoms with Crippen molar-refractivity contribution in [2.75, 3.05) is 25.7 Å². The summed E-state index contributed by atoms with van der Waals surface area (Å²) in [5.41, 5.74) is -2.92. The number of rotatable bonds is 13. The Morgan fingerprint density at radius 3 is 1.94 bits per heavy atom. The second-order valence-corrected chi connectivity index (χ2v) is 12.1.